The van der Waals surface area contributed by atoms with E-state index in [0.29, 0.717) is 18.7 Å². The number of nitrogens with one attached hydrogen (secondary N) is 1. The Labute approximate surface area is 152 Å². The molecule has 1 aromatic carbocycles. The molecule has 1 saturated carbocycles. The van der Waals surface area contributed by atoms with Gasteiger partial charge in [0, 0.05) is 24.5 Å². The lowest BCUT2D eigenvalue weighted by molar-refractivity contribution is -0.122. The zero-order chi connectivity index (χ0) is 17.9. The second-order valence-electron chi connectivity index (χ2n) is 6.79. The number of anilines is 2. The van der Waals surface area contributed by atoms with Gasteiger partial charge in [-0.25, -0.2) is 4.79 Å². The van der Waals surface area contributed by atoms with E-state index in [1.54, 1.807) is 28.3 Å². The van der Waals surface area contributed by atoms with Crippen molar-refractivity contribution >= 4 is 23.3 Å². The van der Waals surface area contributed by atoms with Crippen molar-refractivity contribution in [1.29, 1.82) is 0 Å². The number of para-hydroxylation sites is 1. The standard InChI is InChI=1S/C20H22N4O2/c25-19(22-15-10-11-15)18-9-5-13-23(16-6-2-1-3-7-16)20(26)24(18)17-8-4-12-21-14-17/h1-4,6-8,12,14-15,18H,5,9-11,13H2,(H,22,25). The lowest BCUT2D eigenvalue weighted by Gasteiger charge is -2.32. The predicted octanol–water partition coefficient (Wildman–Crippen LogP) is 2.96. The number of hydrogen-bond acceptors (Lipinski definition) is 3. The van der Waals surface area contributed by atoms with Crippen molar-refractivity contribution in [1.82, 2.24) is 10.3 Å². The van der Waals surface area contributed by atoms with E-state index in [4.69, 9.17) is 0 Å². The Kier molecular flexibility index (Phi) is 4.56. The number of aromatic nitrogens is 1. The molecule has 6 heteroatoms. The van der Waals surface area contributed by atoms with E-state index >= 15 is 0 Å². The van der Waals surface area contributed by atoms with Crippen molar-refractivity contribution in [2.24, 2.45) is 0 Å². The van der Waals surface area contributed by atoms with Crippen molar-refractivity contribution in [2.45, 2.75) is 37.8 Å². The second kappa shape index (κ2) is 7.15. The molecule has 1 unspecified atom stereocenters. The number of carbonyl (C=O) groups excluding carboxylic acids is 2. The summed E-state index contributed by atoms with van der Waals surface area (Å²) in [5.41, 5.74) is 1.49. The summed E-state index contributed by atoms with van der Waals surface area (Å²) in [5.74, 6) is -0.0698. The molecule has 1 saturated heterocycles. The number of pyridine rings is 1. The summed E-state index contributed by atoms with van der Waals surface area (Å²) >= 11 is 0. The molecular weight excluding hydrogens is 328 g/mol. The minimum Gasteiger partial charge on any atom is -0.352 e. The highest BCUT2D eigenvalue weighted by atomic mass is 16.2. The van der Waals surface area contributed by atoms with E-state index in [-0.39, 0.29) is 18.0 Å². The molecule has 2 fully saturated rings. The van der Waals surface area contributed by atoms with Crippen LogP contribution < -0.4 is 15.1 Å². The second-order valence-corrected chi connectivity index (χ2v) is 6.79. The summed E-state index contributed by atoms with van der Waals surface area (Å²) in [5, 5.41) is 3.05. The van der Waals surface area contributed by atoms with Gasteiger partial charge >= 0.3 is 6.03 Å². The first-order valence-electron chi connectivity index (χ1n) is 9.10. The van der Waals surface area contributed by atoms with Crippen LogP contribution in [0.3, 0.4) is 0 Å². The van der Waals surface area contributed by atoms with Gasteiger partial charge in [0.05, 0.1) is 11.9 Å². The summed E-state index contributed by atoms with van der Waals surface area (Å²) in [4.78, 5) is 33.7. The molecule has 1 atom stereocenters. The van der Waals surface area contributed by atoms with Crippen LogP contribution in [-0.4, -0.2) is 35.6 Å². The Morgan fingerprint density at radius 2 is 1.81 bits per heavy atom. The van der Waals surface area contributed by atoms with Crippen molar-refractivity contribution in [3.63, 3.8) is 0 Å². The van der Waals surface area contributed by atoms with Crippen molar-refractivity contribution in [2.75, 3.05) is 16.3 Å². The normalized spacial score (nSPS) is 20.6. The van der Waals surface area contributed by atoms with Crippen molar-refractivity contribution < 1.29 is 9.59 Å². The van der Waals surface area contributed by atoms with Crippen molar-refractivity contribution in [3.8, 4) is 0 Å². The van der Waals surface area contributed by atoms with Crippen LogP contribution in [0.15, 0.2) is 54.9 Å². The van der Waals surface area contributed by atoms with Crippen LogP contribution in [0.25, 0.3) is 0 Å². The third-order valence-corrected chi connectivity index (χ3v) is 4.83. The van der Waals surface area contributed by atoms with E-state index in [1.807, 2.05) is 36.4 Å². The summed E-state index contributed by atoms with van der Waals surface area (Å²) in [6, 6.07) is 12.8. The van der Waals surface area contributed by atoms with Crippen LogP contribution in [0.2, 0.25) is 0 Å². The molecular formula is C20H22N4O2. The molecule has 3 amide bonds. The molecule has 1 N–H and O–H groups in total. The van der Waals surface area contributed by atoms with Crippen LogP contribution in [-0.2, 0) is 4.79 Å². The molecule has 0 radical (unpaired) electrons. The first-order valence-corrected chi connectivity index (χ1v) is 9.10. The Morgan fingerprint density at radius 3 is 2.50 bits per heavy atom. The van der Waals surface area contributed by atoms with Gasteiger partial charge in [0.15, 0.2) is 0 Å². The Hall–Kier alpha value is -2.89. The number of urea groups is 1. The van der Waals surface area contributed by atoms with Crippen LogP contribution in [0.4, 0.5) is 16.2 Å². The minimum atomic E-state index is -0.513. The smallest absolute Gasteiger partial charge is 0.329 e. The number of nitrogens with zero attached hydrogens (tertiary/aromatic N) is 3. The summed E-state index contributed by atoms with van der Waals surface area (Å²) < 4.78 is 0. The Balaban J connectivity index is 1.69. The van der Waals surface area contributed by atoms with Crippen LogP contribution in [0.1, 0.15) is 25.7 Å². The number of benzene rings is 1. The van der Waals surface area contributed by atoms with Gasteiger partial charge < -0.3 is 5.32 Å². The quantitative estimate of drug-likeness (QED) is 0.922. The lowest BCUT2D eigenvalue weighted by atomic mass is 10.1. The van der Waals surface area contributed by atoms with Crippen molar-refractivity contribution in [3.05, 3.63) is 54.9 Å². The molecule has 2 heterocycles. The topological polar surface area (TPSA) is 65.5 Å². The zero-order valence-electron chi connectivity index (χ0n) is 14.5. The average Bonchev–Trinajstić information content (AvgIpc) is 3.50. The number of hydrogen-bond donors (Lipinski definition) is 1. The van der Waals surface area contributed by atoms with Crippen LogP contribution >= 0.6 is 0 Å². The SMILES string of the molecule is O=C(NC1CC1)C1CCCN(c2ccccc2)C(=O)N1c1cccnc1. The third kappa shape index (κ3) is 3.40. The highest BCUT2D eigenvalue weighted by molar-refractivity contribution is 6.08. The Morgan fingerprint density at radius 1 is 1.04 bits per heavy atom. The maximum absolute atomic E-state index is 13.4. The van der Waals surface area contributed by atoms with Gasteiger partial charge in [-0.1, -0.05) is 18.2 Å². The summed E-state index contributed by atoms with van der Waals surface area (Å²) in [6.07, 6.45) is 6.75. The predicted molar refractivity (Wildman–Crippen MR) is 100 cm³/mol. The summed E-state index contributed by atoms with van der Waals surface area (Å²) in [6.45, 7) is 0.590. The number of rotatable bonds is 4. The van der Waals surface area contributed by atoms with E-state index < -0.39 is 6.04 Å². The molecule has 1 aromatic heterocycles. The average molecular weight is 350 g/mol. The Bertz CT molecular complexity index is 777. The highest BCUT2D eigenvalue weighted by Gasteiger charge is 2.38. The fraction of sp³-hybridized carbons (Fsp3) is 0.350. The summed E-state index contributed by atoms with van der Waals surface area (Å²) in [7, 11) is 0. The molecule has 1 aliphatic heterocycles. The lowest BCUT2D eigenvalue weighted by Crippen LogP contribution is -2.52. The van der Waals surface area contributed by atoms with Gasteiger partial charge in [-0.05, 0) is 49.9 Å². The van der Waals surface area contributed by atoms with E-state index in [9.17, 15) is 9.59 Å². The van der Waals surface area contributed by atoms with Gasteiger partial charge in [0.1, 0.15) is 6.04 Å². The van der Waals surface area contributed by atoms with Crippen LogP contribution in [0.5, 0.6) is 0 Å². The monoisotopic (exact) mass is 350 g/mol. The van der Waals surface area contributed by atoms with Gasteiger partial charge in [-0.15, -0.1) is 0 Å². The van der Waals surface area contributed by atoms with Gasteiger partial charge in [0.2, 0.25) is 5.91 Å². The molecule has 26 heavy (non-hydrogen) atoms. The molecule has 0 bridgehead atoms. The number of carbonyl (C=O) groups is 2. The van der Waals surface area contributed by atoms with E-state index in [1.165, 1.54) is 0 Å². The molecule has 0 spiro atoms. The molecule has 134 valence electrons. The molecule has 2 aromatic rings. The third-order valence-electron chi connectivity index (χ3n) is 4.83. The van der Waals surface area contributed by atoms with E-state index in [2.05, 4.69) is 10.3 Å². The highest BCUT2D eigenvalue weighted by Crippen LogP contribution is 2.28. The van der Waals surface area contributed by atoms with E-state index in [0.717, 1.165) is 24.9 Å². The maximum atomic E-state index is 13.4. The fourth-order valence-electron chi connectivity index (χ4n) is 3.34. The molecule has 4 rings (SSSR count). The molecule has 6 nitrogen and oxygen atoms in total. The van der Waals surface area contributed by atoms with Gasteiger partial charge in [-0.2, -0.15) is 0 Å². The van der Waals surface area contributed by atoms with Gasteiger partial charge in [0.25, 0.3) is 0 Å². The fourth-order valence-corrected chi connectivity index (χ4v) is 3.34. The molecule has 2 aliphatic rings. The molecule has 1 aliphatic carbocycles. The number of amides is 3. The first kappa shape index (κ1) is 16.6. The van der Waals surface area contributed by atoms with Gasteiger partial charge in [-0.3, -0.25) is 19.6 Å². The largest absolute Gasteiger partial charge is 0.352 e. The van der Waals surface area contributed by atoms with Crippen LogP contribution in [0, 0.1) is 0 Å². The minimum absolute atomic E-state index is 0.0698. The maximum Gasteiger partial charge on any atom is 0.329 e. The first-order chi connectivity index (χ1) is 12.7. The zero-order valence-corrected chi connectivity index (χ0v) is 14.5.